The maximum atomic E-state index is 7.00. The van der Waals surface area contributed by atoms with Gasteiger partial charge >= 0.3 is 0 Å². The van der Waals surface area contributed by atoms with Crippen LogP contribution in [0.4, 0.5) is 5.69 Å². The highest BCUT2D eigenvalue weighted by atomic mass is 32.1. The van der Waals surface area contributed by atoms with Crippen molar-refractivity contribution in [1.29, 1.82) is 0 Å². The molecule has 1 rings (SSSR count). The molecule has 112 valence electrons. The molecule has 0 atom stereocenters. The predicted octanol–water partition coefficient (Wildman–Crippen LogP) is 5.22. The molecule has 0 saturated heterocycles. The van der Waals surface area contributed by atoms with E-state index in [1.165, 1.54) is 5.56 Å². The number of hydrogen-bond donors (Lipinski definition) is 2. The highest BCUT2D eigenvalue weighted by Gasteiger charge is 1.89. The van der Waals surface area contributed by atoms with Crippen LogP contribution in [0.5, 0.6) is 0 Å². The summed E-state index contributed by atoms with van der Waals surface area (Å²) in [5.41, 5.74) is 2.32. The van der Waals surface area contributed by atoms with Crippen molar-refractivity contribution in [1.82, 2.24) is 0 Å². The second kappa shape index (κ2) is 25.6. The fourth-order valence-corrected chi connectivity index (χ4v) is 0.958. The second-order valence-electron chi connectivity index (χ2n) is 2.55. The van der Waals surface area contributed by atoms with Crippen molar-refractivity contribution in [2.45, 2.75) is 41.5 Å². The molecule has 0 spiro atoms. The van der Waals surface area contributed by atoms with Crippen molar-refractivity contribution in [3.63, 3.8) is 0 Å². The third-order valence-electron chi connectivity index (χ3n) is 1.37. The van der Waals surface area contributed by atoms with E-state index in [1.807, 2.05) is 46.8 Å². The first-order chi connectivity index (χ1) is 9.18. The van der Waals surface area contributed by atoms with E-state index in [9.17, 15) is 0 Å². The van der Waals surface area contributed by atoms with Gasteiger partial charge in [-0.1, -0.05) is 57.6 Å². The Labute approximate surface area is 125 Å². The van der Waals surface area contributed by atoms with Gasteiger partial charge in [0.25, 0.3) is 0 Å². The lowest BCUT2D eigenvalue weighted by Gasteiger charge is -2.02. The van der Waals surface area contributed by atoms with Crippen LogP contribution in [0.2, 0.25) is 0 Å². The van der Waals surface area contributed by atoms with Gasteiger partial charge in [0.2, 0.25) is 0 Å². The van der Waals surface area contributed by atoms with Gasteiger partial charge < -0.3 is 10.4 Å². The molecule has 0 radical (unpaired) electrons. The van der Waals surface area contributed by atoms with Gasteiger partial charge in [0.1, 0.15) is 0 Å². The first kappa shape index (κ1) is 26.4. The second-order valence-corrected chi connectivity index (χ2v) is 3.16. The number of rotatable bonds is 1. The average molecular weight is 285 g/mol. The number of aliphatic hydroxyl groups excluding tert-OH is 1. The average Bonchev–Trinajstić information content (AvgIpc) is 2.49. The lowest BCUT2D eigenvalue weighted by Crippen LogP contribution is -2.02. The molecule has 0 aliphatic heterocycles. The van der Waals surface area contributed by atoms with E-state index in [4.69, 9.17) is 17.3 Å². The zero-order chi connectivity index (χ0) is 16.3. The van der Waals surface area contributed by atoms with Gasteiger partial charge in [0.05, 0.1) is 4.99 Å². The molecule has 0 aromatic heterocycles. The number of hydrogen-bond acceptors (Lipinski definition) is 2. The molecule has 0 bridgehead atoms. The molecule has 3 heteroatoms. The minimum absolute atomic E-state index is 0.800. The predicted molar refractivity (Wildman–Crippen MR) is 95.2 cm³/mol. The molecular weight excluding hydrogens is 254 g/mol. The third kappa shape index (κ3) is 22.5. The molecule has 2 nitrogen and oxygen atoms in total. The lowest BCUT2D eigenvalue weighted by atomic mass is 10.2. The molecule has 0 aliphatic carbocycles. The minimum Gasteiger partial charge on any atom is -0.400 e. The largest absolute Gasteiger partial charge is 0.400 e. The highest BCUT2D eigenvalue weighted by Crippen LogP contribution is 2.08. The standard InChI is InChI=1S/C9H11NS.2C2H6.C2H4.CH4O/c1-7-3-5-9(6-4-7)10-8(2)11;4*1-2/h3-6H,1-2H3,(H,10,11);2*1-2H3;1-2H2;2H,1H3. The van der Waals surface area contributed by atoms with E-state index >= 15 is 0 Å². The number of aryl methyl sites for hydroxylation is 1. The Balaban J connectivity index is -0.000000121. The lowest BCUT2D eigenvalue weighted by molar-refractivity contribution is 0.399. The van der Waals surface area contributed by atoms with Crippen molar-refractivity contribution >= 4 is 22.9 Å². The Morgan fingerprint density at radius 1 is 1.00 bits per heavy atom. The maximum Gasteiger partial charge on any atom is 0.0765 e. The van der Waals surface area contributed by atoms with Crippen molar-refractivity contribution in [3.8, 4) is 0 Å². The number of nitrogens with one attached hydrogen (secondary N) is 1. The van der Waals surface area contributed by atoms with Crippen LogP contribution in [0.25, 0.3) is 0 Å². The van der Waals surface area contributed by atoms with Crippen LogP contribution in [0, 0.1) is 6.92 Å². The Hall–Kier alpha value is -1.19. The molecule has 1 aromatic rings. The van der Waals surface area contributed by atoms with Gasteiger partial charge in [-0.3, -0.25) is 0 Å². The van der Waals surface area contributed by atoms with E-state index in [2.05, 4.69) is 37.5 Å². The topological polar surface area (TPSA) is 32.3 Å². The zero-order valence-electron chi connectivity index (χ0n) is 13.6. The molecule has 0 amide bonds. The molecule has 2 N–H and O–H groups in total. The third-order valence-corrected chi connectivity index (χ3v) is 1.47. The summed E-state index contributed by atoms with van der Waals surface area (Å²) in [6, 6.07) is 8.15. The van der Waals surface area contributed by atoms with Crippen molar-refractivity contribution in [2.24, 2.45) is 0 Å². The van der Waals surface area contributed by atoms with E-state index in [0.29, 0.717) is 0 Å². The maximum absolute atomic E-state index is 7.00. The zero-order valence-corrected chi connectivity index (χ0v) is 14.4. The van der Waals surface area contributed by atoms with Gasteiger partial charge in [0, 0.05) is 12.8 Å². The van der Waals surface area contributed by atoms with E-state index in [-0.39, 0.29) is 0 Å². The number of aliphatic hydroxyl groups is 1. The monoisotopic (exact) mass is 285 g/mol. The van der Waals surface area contributed by atoms with Crippen LogP contribution in [-0.4, -0.2) is 17.2 Å². The van der Waals surface area contributed by atoms with E-state index < -0.39 is 0 Å². The van der Waals surface area contributed by atoms with Gasteiger partial charge in [0.15, 0.2) is 0 Å². The molecule has 19 heavy (non-hydrogen) atoms. The number of benzene rings is 1. The summed E-state index contributed by atoms with van der Waals surface area (Å²) < 4.78 is 0. The Morgan fingerprint density at radius 3 is 1.58 bits per heavy atom. The van der Waals surface area contributed by atoms with Crippen LogP contribution in [0.15, 0.2) is 37.4 Å². The molecular formula is C16H31NOS. The Bertz CT molecular complexity index is 271. The van der Waals surface area contributed by atoms with Crippen LogP contribution < -0.4 is 5.32 Å². The number of anilines is 1. The summed E-state index contributed by atoms with van der Waals surface area (Å²) >= 11 is 4.90. The number of thiocarbonyl (C=S) groups is 1. The summed E-state index contributed by atoms with van der Waals surface area (Å²) in [6.07, 6.45) is 0. The van der Waals surface area contributed by atoms with E-state index in [1.54, 1.807) is 0 Å². The van der Waals surface area contributed by atoms with Crippen LogP contribution in [0.1, 0.15) is 40.2 Å². The summed E-state index contributed by atoms with van der Waals surface area (Å²) in [7, 11) is 1.00. The van der Waals surface area contributed by atoms with Gasteiger partial charge in [-0.2, -0.15) is 0 Å². The smallest absolute Gasteiger partial charge is 0.0765 e. The fourth-order valence-electron chi connectivity index (χ4n) is 0.840. The van der Waals surface area contributed by atoms with Gasteiger partial charge in [-0.25, -0.2) is 0 Å². The molecule has 1 aromatic carbocycles. The van der Waals surface area contributed by atoms with E-state index in [0.717, 1.165) is 17.8 Å². The van der Waals surface area contributed by atoms with Gasteiger partial charge in [-0.15, -0.1) is 13.2 Å². The quantitative estimate of drug-likeness (QED) is 0.548. The van der Waals surface area contributed by atoms with Crippen LogP contribution in [-0.2, 0) is 0 Å². The Kier molecular flexibility index (Phi) is 35.6. The first-order valence-electron chi connectivity index (χ1n) is 6.47. The fraction of sp³-hybridized carbons (Fsp3) is 0.438. The van der Waals surface area contributed by atoms with Crippen molar-refractivity contribution in [2.75, 3.05) is 12.4 Å². The van der Waals surface area contributed by atoms with Crippen molar-refractivity contribution in [3.05, 3.63) is 43.0 Å². The van der Waals surface area contributed by atoms with Crippen molar-refractivity contribution < 1.29 is 5.11 Å². The van der Waals surface area contributed by atoms with Crippen LogP contribution in [0.3, 0.4) is 0 Å². The summed E-state index contributed by atoms with van der Waals surface area (Å²) in [5.74, 6) is 0. The molecule has 0 saturated carbocycles. The normalized spacial score (nSPS) is 6.53. The SMILES string of the molecule is C=C.CC.CC.CC(=S)Nc1ccc(C)cc1.CO. The van der Waals surface area contributed by atoms with Crippen LogP contribution >= 0.6 is 12.2 Å². The first-order valence-corrected chi connectivity index (χ1v) is 6.88. The molecule has 0 heterocycles. The molecule has 0 fully saturated rings. The highest BCUT2D eigenvalue weighted by molar-refractivity contribution is 7.80. The summed E-state index contributed by atoms with van der Waals surface area (Å²) in [5, 5.41) is 10.1. The summed E-state index contributed by atoms with van der Waals surface area (Å²) in [4.78, 5) is 0.800. The molecule has 0 aliphatic rings. The van der Waals surface area contributed by atoms with Gasteiger partial charge in [-0.05, 0) is 26.0 Å². The minimum atomic E-state index is 0.800. The Morgan fingerprint density at radius 2 is 1.32 bits per heavy atom. The molecule has 0 unspecified atom stereocenters. The summed E-state index contributed by atoms with van der Waals surface area (Å²) in [6.45, 7) is 17.9.